The first kappa shape index (κ1) is 16.1. The van der Waals surface area contributed by atoms with Crippen LogP contribution >= 0.6 is 0 Å². The van der Waals surface area contributed by atoms with Gasteiger partial charge in [-0.05, 0) is 5.56 Å². The van der Waals surface area contributed by atoms with Gasteiger partial charge in [-0.2, -0.15) is 0 Å². The lowest BCUT2D eigenvalue weighted by molar-refractivity contribution is -0.298. The summed E-state index contributed by atoms with van der Waals surface area (Å²) in [5.41, 5.74) is 1.01. The van der Waals surface area contributed by atoms with Crippen LogP contribution in [-0.2, 0) is 9.47 Å². The predicted octanol–water partition coefficient (Wildman–Crippen LogP) is -0.484. The molecule has 1 fully saturated rings. The Hall–Kier alpha value is -1.28. The van der Waals surface area contributed by atoms with Gasteiger partial charge in [-0.15, -0.1) is 0 Å². The summed E-state index contributed by atoms with van der Waals surface area (Å²) in [5, 5.41) is 38.1. The number of benzene rings is 1. The third-order valence-electron chi connectivity index (χ3n) is 3.32. The van der Waals surface area contributed by atoms with Crippen molar-refractivity contribution in [3.05, 3.63) is 42.0 Å². The molecular formula is C15H20O6. The molecule has 1 heterocycles. The molecule has 0 amide bonds. The average Bonchev–Trinajstić information content (AvgIpc) is 2.52. The molecule has 21 heavy (non-hydrogen) atoms. The van der Waals surface area contributed by atoms with Crippen LogP contribution in [0.5, 0.6) is 0 Å². The maximum Gasteiger partial charge on any atom is 0.187 e. The normalized spacial score (nSPS) is 33.4. The van der Waals surface area contributed by atoms with E-state index < -0.39 is 37.3 Å². The zero-order valence-electron chi connectivity index (χ0n) is 11.4. The summed E-state index contributed by atoms with van der Waals surface area (Å²) in [5.74, 6) is 0. The molecule has 4 N–H and O–H groups in total. The second kappa shape index (κ2) is 7.65. The minimum absolute atomic E-state index is 0.164. The van der Waals surface area contributed by atoms with Gasteiger partial charge in [-0.25, -0.2) is 0 Å². The minimum Gasteiger partial charge on any atom is -0.394 e. The van der Waals surface area contributed by atoms with Crippen LogP contribution in [0, 0.1) is 0 Å². The Bertz CT molecular complexity index is 447. The molecule has 1 aromatic rings. The topological polar surface area (TPSA) is 99.4 Å². The van der Waals surface area contributed by atoms with E-state index >= 15 is 0 Å². The van der Waals surface area contributed by atoms with Crippen LogP contribution in [-0.4, -0.2) is 64.3 Å². The van der Waals surface area contributed by atoms with E-state index in [1.807, 2.05) is 36.4 Å². The Morgan fingerprint density at radius 1 is 1.05 bits per heavy atom. The number of rotatable bonds is 5. The molecule has 1 aromatic carbocycles. The molecule has 1 aliphatic rings. The number of ether oxygens (including phenoxy) is 2. The zero-order valence-corrected chi connectivity index (χ0v) is 11.4. The highest BCUT2D eigenvalue weighted by molar-refractivity contribution is 5.48. The van der Waals surface area contributed by atoms with Crippen LogP contribution in [0.2, 0.25) is 0 Å². The summed E-state index contributed by atoms with van der Waals surface area (Å²) in [6, 6.07) is 9.62. The maximum absolute atomic E-state index is 9.77. The molecular weight excluding hydrogens is 276 g/mol. The SMILES string of the molecule is OC[C@@H]1O[C@@H](OCC=Cc2ccccc2)[C@@H](O)[C@H](O)[C@@H]1O. The maximum atomic E-state index is 9.77. The summed E-state index contributed by atoms with van der Waals surface area (Å²) >= 11 is 0. The Balaban J connectivity index is 1.86. The second-order valence-corrected chi connectivity index (χ2v) is 4.84. The van der Waals surface area contributed by atoms with Crippen molar-refractivity contribution in [1.29, 1.82) is 0 Å². The lowest BCUT2D eigenvalue weighted by atomic mass is 9.99. The van der Waals surface area contributed by atoms with Crippen molar-refractivity contribution in [3.8, 4) is 0 Å². The molecule has 6 nitrogen and oxygen atoms in total. The molecule has 0 saturated carbocycles. The smallest absolute Gasteiger partial charge is 0.187 e. The van der Waals surface area contributed by atoms with Crippen LogP contribution in [0.1, 0.15) is 5.56 Å². The van der Waals surface area contributed by atoms with E-state index in [0.717, 1.165) is 5.56 Å². The number of hydrogen-bond donors (Lipinski definition) is 4. The van der Waals surface area contributed by atoms with Crippen molar-refractivity contribution in [2.75, 3.05) is 13.2 Å². The monoisotopic (exact) mass is 296 g/mol. The van der Waals surface area contributed by atoms with Crippen LogP contribution in [0.3, 0.4) is 0 Å². The van der Waals surface area contributed by atoms with Gasteiger partial charge in [-0.1, -0.05) is 42.5 Å². The minimum atomic E-state index is -1.42. The second-order valence-electron chi connectivity index (χ2n) is 4.84. The molecule has 1 saturated heterocycles. The molecule has 5 atom stereocenters. The molecule has 0 bridgehead atoms. The van der Waals surface area contributed by atoms with Crippen LogP contribution in [0.15, 0.2) is 36.4 Å². The molecule has 2 rings (SSSR count). The lowest BCUT2D eigenvalue weighted by Crippen LogP contribution is -2.59. The van der Waals surface area contributed by atoms with Crippen molar-refractivity contribution < 1.29 is 29.9 Å². The number of hydrogen-bond acceptors (Lipinski definition) is 6. The summed E-state index contributed by atoms with van der Waals surface area (Å²) in [6.07, 6.45) is -2.61. The molecule has 116 valence electrons. The third-order valence-corrected chi connectivity index (χ3v) is 3.32. The average molecular weight is 296 g/mol. The fraction of sp³-hybridized carbons (Fsp3) is 0.467. The first-order valence-corrected chi connectivity index (χ1v) is 6.77. The van der Waals surface area contributed by atoms with Gasteiger partial charge in [0.15, 0.2) is 6.29 Å². The van der Waals surface area contributed by atoms with Crippen molar-refractivity contribution in [3.63, 3.8) is 0 Å². The largest absolute Gasteiger partial charge is 0.394 e. The standard InChI is InChI=1S/C15H20O6/c16-9-11-12(17)13(18)14(19)15(21-11)20-8-4-7-10-5-2-1-3-6-10/h1-7,11-19H,8-9H2/t11-,12+,13+,14-,15+/m0/s1. The number of aliphatic hydroxyl groups excluding tert-OH is 4. The summed E-state index contributed by atoms with van der Waals surface area (Å²) < 4.78 is 10.5. The molecule has 1 aliphatic heterocycles. The van der Waals surface area contributed by atoms with E-state index in [0.29, 0.717) is 0 Å². The Morgan fingerprint density at radius 2 is 1.76 bits per heavy atom. The van der Waals surface area contributed by atoms with Crippen molar-refractivity contribution in [2.24, 2.45) is 0 Å². The van der Waals surface area contributed by atoms with Gasteiger partial charge in [0.2, 0.25) is 0 Å². The van der Waals surface area contributed by atoms with E-state index in [-0.39, 0.29) is 6.61 Å². The quantitative estimate of drug-likeness (QED) is 0.585. The fourth-order valence-electron chi connectivity index (χ4n) is 2.10. The molecule has 6 heteroatoms. The number of aliphatic hydroxyl groups is 4. The highest BCUT2D eigenvalue weighted by atomic mass is 16.7. The zero-order chi connectivity index (χ0) is 15.2. The van der Waals surface area contributed by atoms with E-state index in [4.69, 9.17) is 14.6 Å². The first-order chi connectivity index (χ1) is 10.1. The van der Waals surface area contributed by atoms with Crippen LogP contribution in [0.4, 0.5) is 0 Å². The van der Waals surface area contributed by atoms with E-state index in [9.17, 15) is 15.3 Å². The lowest BCUT2D eigenvalue weighted by Gasteiger charge is -2.39. The van der Waals surface area contributed by atoms with Crippen LogP contribution in [0.25, 0.3) is 6.08 Å². The fourth-order valence-corrected chi connectivity index (χ4v) is 2.10. The van der Waals surface area contributed by atoms with E-state index in [1.54, 1.807) is 6.08 Å². The van der Waals surface area contributed by atoms with Gasteiger partial charge < -0.3 is 29.9 Å². The Labute approximate surface area is 122 Å². The first-order valence-electron chi connectivity index (χ1n) is 6.77. The predicted molar refractivity (Wildman–Crippen MR) is 75.2 cm³/mol. The summed E-state index contributed by atoms with van der Waals surface area (Å²) in [6.45, 7) is -0.303. The van der Waals surface area contributed by atoms with Gasteiger partial charge in [0.25, 0.3) is 0 Å². The third kappa shape index (κ3) is 4.10. The highest BCUT2D eigenvalue weighted by Gasteiger charge is 2.43. The Kier molecular flexibility index (Phi) is 5.86. The van der Waals surface area contributed by atoms with Gasteiger partial charge >= 0.3 is 0 Å². The van der Waals surface area contributed by atoms with Crippen molar-refractivity contribution in [1.82, 2.24) is 0 Å². The van der Waals surface area contributed by atoms with Gasteiger partial charge in [-0.3, -0.25) is 0 Å². The van der Waals surface area contributed by atoms with E-state index in [1.165, 1.54) is 0 Å². The van der Waals surface area contributed by atoms with Crippen molar-refractivity contribution >= 4 is 6.08 Å². The summed E-state index contributed by atoms with van der Waals surface area (Å²) in [7, 11) is 0. The molecule has 0 radical (unpaired) electrons. The Morgan fingerprint density at radius 3 is 2.43 bits per heavy atom. The van der Waals surface area contributed by atoms with E-state index in [2.05, 4.69) is 0 Å². The molecule has 0 aromatic heterocycles. The van der Waals surface area contributed by atoms with Gasteiger partial charge in [0.05, 0.1) is 13.2 Å². The van der Waals surface area contributed by atoms with Crippen LogP contribution < -0.4 is 0 Å². The molecule has 0 spiro atoms. The van der Waals surface area contributed by atoms with Crippen molar-refractivity contribution in [2.45, 2.75) is 30.7 Å². The van der Waals surface area contributed by atoms with Gasteiger partial charge in [0.1, 0.15) is 24.4 Å². The molecule has 0 unspecified atom stereocenters. The highest BCUT2D eigenvalue weighted by Crippen LogP contribution is 2.21. The molecule has 0 aliphatic carbocycles. The summed E-state index contributed by atoms with van der Waals surface area (Å²) in [4.78, 5) is 0. The van der Waals surface area contributed by atoms with Gasteiger partial charge in [0, 0.05) is 0 Å².